The molecule has 0 saturated heterocycles. The van der Waals surface area contributed by atoms with Crippen molar-refractivity contribution in [2.24, 2.45) is 0 Å². The molecule has 1 aromatic carbocycles. The van der Waals surface area contributed by atoms with E-state index < -0.39 is 11.6 Å². The standard InChI is InChI=1S/C8H8F2.C2H6/c1-5-3-7(9)6(2)8(10)4-5;1-2/h3-4H,1-2H3;1-2H3. The van der Waals surface area contributed by atoms with E-state index in [1.165, 1.54) is 19.1 Å². The molecule has 0 aliphatic carbocycles. The van der Waals surface area contributed by atoms with Gasteiger partial charge in [-0.15, -0.1) is 0 Å². The number of hydrogen-bond donors (Lipinski definition) is 0. The summed E-state index contributed by atoms with van der Waals surface area (Å²) in [5, 5.41) is 0. The maximum Gasteiger partial charge on any atom is 0.129 e. The zero-order valence-corrected chi connectivity index (χ0v) is 7.91. The summed E-state index contributed by atoms with van der Waals surface area (Å²) < 4.78 is 25.2. The van der Waals surface area contributed by atoms with Crippen LogP contribution in [0.25, 0.3) is 0 Å². The molecule has 0 heterocycles. The summed E-state index contributed by atoms with van der Waals surface area (Å²) in [6.45, 7) is 7.08. The van der Waals surface area contributed by atoms with E-state index >= 15 is 0 Å². The van der Waals surface area contributed by atoms with Crippen LogP contribution in [0.15, 0.2) is 12.1 Å². The van der Waals surface area contributed by atoms with Crippen LogP contribution < -0.4 is 0 Å². The molecular formula is C10H14F2. The lowest BCUT2D eigenvalue weighted by Gasteiger charge is -1.98. The summed E-state index contributed by atoms with van der Waals surface area (Å²) >= 11 is 0. The molecule has 0 unspecified atom stereocenters. The topological polar surface area (TPSA) is 0 Å². The Morgan fingerprint density at radius 2 is 1.25 bits per heavy atom. The molecule has 0 aliphatic rings. The molecule has 12 heavy (non-hydrogen) atoms. The van der Waals surface area contributed by atoms with Gasteiger partial charge in [0.1, 0.15) is 11.6 Å². The van der Waals surface area contributed by atoms with Gasteiger partial charge in [0.05, 0.1) is 0 Å². The van der Waals surface area contributed by atoms with Crippen molar-refractivity contribution in [1.29, 1.82) is 0 Å². The Morgan fingerprint density at radius 1 is 0.917 bits per heavy atom. The lowest BCUT2D eigenvalue weighted by Crippen LogP contribution is -1.88. The summed E-state index contributed by atoms with van der Waals surface area (Å²) in [5.41, 5.74) is 0.700. The zero-order valence-electron chi connectivity index (χ0n) is 7.91. The lowest BCUT2D eigenvalue weighted by atomic mass is 10.1. The van der Waals surface area contributed by atoms with Gasteiger partial charge in [-0.3, -0.25) is 0 Å². The highest BCUT2D eigenvalue weighted by Gasteiger charge is 2.02. The second kappa shape index (κ2) is 4.86. The molecule has 1 rings (SSSR count). The van der Waals surface area contributed by atoms with Crippen LogP contribution >= 0.6 is 0 Å². The van der Waals surface area contributed by atoms with Crippen molar-refractivity contribution in [3.63, 3.8) is 0 Å². The molecular weight excluding hydrogens is 158 g/mol. The van der Waals surface area contributed by atoms with Gasteiger partial charge in [0.15, 0.2) is 0 Å². The molecule has 0 N–H and O–H groups in total. The van der Waals surface area contributed by atoms with Crippen molar-refractivity contribution in [3.05, 3.63) is 34.9 Å². The van der Waals surface area contributed by atoms with Crippen molar-refractivity contribution >= 4 is 0 Å². The van der Waals surface area contributed by atoms with E-state index in [0.29, 0.717) is 5.56 Å². The monoisotopic (exact) mass is 172 g/mol. The van der Waals surface area contributed by atoms with E-state index in [2.05, 4.69) is 0 Å². The predicted molar refractivity (Wildman–Crippen MR) is 47.2 cm³/mol. The first-order chi connectivity index (χ1) is 5.61. The fraction of sp³-hybridized carbons (Fsp3) is 0.400. The molecule has 0 aliphatic heterocycles. The maximum atomic E-state index is 12.6. The van der Waals surface area contributed by atoms with Crippen LogP contribution in [0, 0.1) is 25.5 Å². The quantitative estimate of drug-likeness (QED) is 0.560. The number of rotatable bonds is 0. The first kappa shape index (κ1) is 11.1. The Morgan fingerprint density at radius 3 is 1.58 bits per heavy atom. The highest BCUT2D eigenvalue weighted by molar-refractivity contribution is 5.23. The summed E-state index contributed by atoms with van der Waals surface area (Å²) in [5.74, 6) is -0.949. The molecule has 0 atom stereocenters. The predicted octanol–water partition coefficient (Wildman–Crippen LogP) is 3.61. The van der Waals surface area contributed by atoms with Gasteiger partial charge in [0.25, 0.3) is 0 Å². The fourth-order valence-electron chi connectivity index (χ4n) is 0.772. The average molecular weight is 172 g/mol. The third-order valence-corrected chi connectivity index (χ3v) is 1.43. The molecule has 0 spiro atoms. The Balaban J connectivity index is 0.000000561. The Hall–Kier alpha value is -0.920. The van der Waals surface area contributed by atoms with Gasteiger partial charge in [-0.05, 0) is 31.5 Å². The number of hydrogen-bond acceptors (Lipinski definition) is 0. The van der Waals surface area contributed by atoms with Gasteiger partial charge in [-0.25, -0.2) is 8.78 Å². The average Bonchev–Trinajstić information content (AvgIpc) is 2.04. The smallest absolute Gasteiger partial charge is 0.129 e. The number of aryl methyl sites for hydroxylation is 1. The van der Waals surface area contributed by atoms with E-state index in [1.807, 2.05) is 13.8 Å². The normalized spacial score (nSPS) is 8.83. The summed E-state index contributed by atoms with van der Waals surface area (Å²) in [7, 11) is 0. The van der Waals surface area contributed by atoms with Crippen LogP contribution in [-0.4, -0.2) is 0 Å². The molecule has 2 heteroatoms. The van der Waals surface area contributed by atoms with Gasteiger partial charge in [-0.2, -0.15) is 0 Å². The second-order valence-electron chi connectivity index (χ2n) is 2.35. The molecule has 0 fully saturated rings. The summed E-state index contributed by atoms with van der Waals surface area (Å²) in [4.78, 5) is 0. The zero-order chi connectivity index (χ0) is 9.72. The highest BCUT2D eigenvalue weighted by atomic mass is 19.1. The molecule has 0 aromatic heterocycles. The first-order valence-electron chi connectivity index (χ1n) is 4.03. The van der Waals surface area contributed by atoms with E-state index in [4.69, 9.17) is 0 Å². The SMILES string of the molecule is CC.Cc1cc(F)c(C)c(F)c1. The molecule has 68 valence electrons. The number of benzene rings is 1. The van der Waals surface area contributed by atoms with Gasteiger partial charge < -0.3 is 0 Å². The number of halogens is 2. The van der Waals surface area contributed by atoms with Crippen LogP contribution in [0.5, 0.6) is 0 Å². The van der Waals surface area contributed by atoms with Crippen LogP contribution in [0.1, 0.15) is 25.0 Å². The van der Waals surface area contributed by atoms with Crippen molar-refractivity contribution in [2.45, 2.75) is 27.7 Å². The molecule has 0 nitrogen and oxygen atoms in total. The second-order valence-corrected chi connectivity index (χ2v) is 2.35. The maximum absolute atomic E-state index is 12.6. The fourth-order valence-corrected chi connectivity index (χ4v) is 0.772. The minimum atomic E-state index is -0.475. The van der Waals surface area contributed by atoms with Gasteiger partial charge in [0, 0.05) is 5.56 Å². The van der Waals surface area contributed by atoms with Crippen LogP contribution in [0.3, 0.4) is 0 Å². The van der Waals surface area contributed by atoms with Crippen LogP contribution in [0.4, 0.5) is 8.78 Å². The molecule has 1 aromatic rings. The van der Waals surface area contributed by atoms with Gasteiger partial charge in [-0.1, -0.05) is 13.8 Å². The minimum Gasteiger partial charge on any atom is -0.207 e. The Labute approximate surface area is 72.2 Å². The lowest BCUT2D eigenvalue weighted by molar-refractivity contribution is 0.566. The summed E-state index contributed by atoms with van der Waals surface area (Å²) in [6, 6.07) is 2.64. The molecule has 0 radical (unpaired) electrons. The van der Waals surface area contributed by atoms with Crippen LogP contribution in [0.2, 0.25) is 0 Å². The van der Waals surface area contributed by atoms with Gasteiger partial charge >= 0.3 is 0 Å². The molecule has 0 saturated carbocycles. The van der Waals surface area contributed by atoms with E-state index in [-0.39, 0.29) is 5.56 Å². The Kier molecular flexibility index (Phi) is 4.49. The highest BCUT2D eigenvalue weighted by Crippen LogP contribution is 2.12. The Bertz CT molecular complexity index is 231. The van der Waals surface area contributed by atoms with Crippen molar-refractivity contribution < 1.29 is 8.78 Å². The third kappa shape index (κ3) is 2.61. The van der Waals surface area contributed by atoms with E-state index in [9.17, 15) is 8.78 Å². The van der Waals surface area contributed by atoms with Gasteiger partial charge in [0.2, 0.25) is 0 Å². The van der Waals surface area contributed by atoms with E-state index in [0.717, 1.165) is 0 Å². The first-order valence-corrected chi connectivity index (χ1v) is 4.03. The van der Waals surface area contributed by atoms with Crippen molar-refractivity contribution in [2.75, 3.05) is 0 Å². The third-order valence-electron chi connectivity index (χ3n) is 1.43. The molecule has 0 bridgehead atoms. The largest absolute Gasteiger partial charge is 0.207 e. The van der Waals surface area contributed by atoms with Crippen molar-refractivity contribution in [3.8, 4) is 0 Å². The molecule has 0 amide bonds. The minimum absolute atomic E-state index is 0.0885. The van der Waals surface area contributed by atoms with Crippen molar-refractivity contribution in [1.82, 2.24) is 0 Å². The van der Waals surface area contributed by atoms with E-state index in [1.54, 1.807) is 6.92 Å². The van der Waals surface area contributed by atoms with Crippen LogP contribution in [-0.2, 0) is 0 Å². The summed E-state index contributed by atoms with van der Waals surface area (Å²) in [6.07, 6.45) is 0.